The number of para-hydroxylation sites is 4. The molecule has 6 heteroatoms. The Bertz CT molecular complexity index is 2990. The van der Waals surface area contributed by atoms with Gasteiger partial charge in [0.2, 0.25) is 0 Å². The Kier molecular flexibility index (Phi) is 7.52. The van der Waals surface area contributed by atoms with Crippen LogP contribution in [0.2, 0.25) is 0 Å². The van der Waals surface area contributed by atoms with Crippen molar-refractivity contribution in [2.24, 2.45) is 0 Å². The number of imidazole rings is 1. The quantitative estimate of drug-likeness (QED) is 0.102. The van der Waals surface area contributed by atoms with Crippen molar-refractivity contribution < 1.29 is 25.2 Å². The van der Waals surface area contributed by atoms with Crippen LogP contribution in [0.4, 0.5) is 0 Å². The van der Waals surface area contributed by atoms with Crippen molar-refractivity contribution in [1.29, 1.82) is 0 Å². The van der Waals surface area contributed by atoms with Gasteiger partial charge in [-0.15, -0.1) is 29.8 Å². The predicted octanol–water partition coefficient (Wildman–Crippen LogP) is 11.6. The molecule has 0 saturated carbocycles. The fourth-order valence-electron chi connectivity index (χ4n) is 7.52. The van der Waals surface area contributed by atoms with E-state index in [1.54, 1.807) is 0 Å². The topological polar surface area (TPSA) is 44.4 Å². The number of rotatable bonds is 4. The molecule has 0 radical (unpaired) electrons. The average Bonchev–Trinajstić information content (AvgIpc) is 3.72. The Hall–Kier alpha value is -5.80. The molecule has 252 valence electrons. The van der Waals surface area contributed by atoms with Crippen LogP contribution < -0.4 is 4.74 Å². The van der Waals surface area contributed by atoms with Gasteiger partial charge < -0.3 is 18.7 Å². The van der Waals surface area contributed by atoms with E-state index in [0.29, 0.717) is 11.5 Å². The summed E-state index contributed by atoms with van der Waals surface area (Å²) in [5.41, 5.74) is 10.4. The minimum absolute atomic E-state index is 0. The first-order valence-electron chi connectivity index (χ1n) is 17.3. The van der Waals surface area contributed by atoms with Crippen molar-refractivity contribution in [3.05, 3.63) is 157 Å². The van der Waals surface area contributed by atoms with Crippen LogP contribution in [0.15, 0.2) is 140 Å². The first-order valence-corrected chi connectivity index (χ1v) is 17.3. The number of fused-ring (bicyclic) bond motifs is 12. The van der Waals surface area contributed by atoms with Crippen molar-refractivity contribution in [3.63, 3.8) is 0 Å². The standard InChI is InChI=1S/C46H32N4O.Pd/c1-46(2,3)30-24-25-47-39(27-30)29-12-11-15-32(26-29)51-33-20-21-34-35-22-23-42-43(36-16-7-9-18-40(36)49(42)31-13-5-4-6-14-31)44(35)50-41-19-10-8-17-38(41)48-45(50)37(34)28-33;/h4-25,27H,1-3H3;/q-2;+2. The third-order valence-corrected chi connectivity index (χ3v) is 9.93. The third-order valence-electron chi connectivity index (χ3n) is 9.93. The summed E-state index contributed by atoms with van der Waals surface area (Å²) in [7, 11) is 0. The molecule has 0 bridgehead atoms. The molecule has 0 aliphatic rings. The molecule has 0 spiro atoms. The molecule has 0 unspecified atom stereocenters. The van der Waals surface area contributed by atoms with Crippen LogP contribution in [-0.4, -0.2) is 18.9 Å². The second-order valence-electron chi connectivity index (χ2n) is 14.1. The molecule has 0 atom stereocenters. The van der Waals surface area contributed by atoms with Crippen LogP contribution in [-0.2, 0) is 25.8 Å². The van der Waals surface area contributed by atoms with Gasteiger partial charge in [0, 0.05) is 39.7 Å². The molecule has 52 heavy (non-hydrogen) atoms. The van der Waals surface area contributed by atoms with E-state index in [9.17, 15) is 0 Å². The number of benzene rings is 6. The Morgan fingerprint density at radius 3 is 2.23 bits per heavy atom. The molecule has 0 saturated heterocycles. The van der Waals surface area contributed by atoms with Gasteiger partial charge in [0.1, 0.15) is 0 Å². The fraction of sp³-hybridized carbons (Fsp3) is 0.0870. The van der Waals surface area contributed by atoms with E-state index in [2.05, 4.69) is 150 Å². The summed E-state index contributed by atoms with van der Waals surface area (Å²) in [6.07, 6.45) is 1.87. The molecular formula is C46H32N4OPd. The molecule has 0 N–H and O–H groups in total. The Balaban J connectivity index is 0.00000360. The van der Waals surface area contributed by atoms with E-state index < -0.39 is 0 Å². The van der Waals surface area contributed by atoms with E-state index in [1.807, 2.05) is 36.5 Å². The summed E-state index contributed by atoms with van der Waals surface area (Å²) < 4.78 is 11.2. The van der Waals surface area contributed by atoms with Gasteiger partial charge in [-0.05, 0) is 64.5 Å². The van der Waals surface area contributed by atoms with E-state index in [4.69, 9.17) is 9.72 Å². The minimum atomic E-state index is 0. The van der Waals surface area contributed by atoms with Gasteiger partial charge in [-0.3, -0.25) is 4.98 Å². The van der Waals surface area contributed by atoms with Gasteiger partial charge >= 0.3 is 20.4 Å². The van der Waals surface area contributed by atoms with Gasteiger partial charge in [-0.2, -0.15) is 0 Å². The molecule has 10 rings (SSSR count). The summed E-state index contributed by atoms with van der Waals surface area (Å²) in [5, 5.41) is 5.49. The van der Waals surface area contributed by atoms with Gasteiger partial charge in [-0.25, -0.2) is 0 Å². The van der Waals surface area contributed by atoms with Gasteiger partial charge in [0.25, 0.3) is 0 Å². The number of pyridine rings is 2. The Morgan fingerprint density at radius 1 is 0.635 bits per heavy atom. The van der Waals surface area contributed by atoms with Crippen molar-refractivity contribution >= 4 is 60.2 Å². The zero-order valence-corrected chi connectivity index (χ0v) is 30.3. The Labute approximate surface area is 314 Å². The molecular weight excluding hydrogens is 731 g/mol. The van der Waals surface area contributed by atoms with Crippen LogP contribution in [0.5, 0.6) is 11.5 Å². The number of hydrogen-bond acceptors (Lipinski definition) is 3. The molecule has 0 fully saturated rings. The van der Waals surface area contributed by atoms with Gasteiger partial charge in [0.05, 0.1) is 27.7 Å². The molecule has 6 aromatic carbocycles. The third kappa shape index (κ3) is 5.02. The largest absolute Gasteiger partial charge is 2.00 e. The van der Waals surface area contributed by atoms with E-state index in [-0.39, 0.29) is 25.8 Å². The molecule has 4 aromatic heterocycles. The average molecular weight is 763 g/mol. The molecule has 5 nitrogen and oxygen atoms in total. The molecule has 0 amide bonds. The fourth-order valence-corrected chi connectivity index (χ4v) is 7.52. The monoisotopic (exact) mass is 762 g/mol. The summed E-state index contributed by atoms with van der Waals surface area (Å²) in [4.78, 5) is 9.88. The Morgan fingerprint density at radius 2 is 1.38 bits per heavy atom. The molecule has 0 aliphatic heterocycles. The normalized spacial score (nSPS) is 12.0. The van der Waals surface area contributed by atoms with Crippen molar-refractivity contribution in [2.45, 2.75) is 26.2 Å². The number of aromatic nitrogens is 4. The van der Waals surface area contributed by atoms with Crippen LogP contribution >= 0.6 is 0 Å². The van der Waals surface area contributed by atoms with Crippen LogP contribution in [0.3, 0.4) is 0 Å². The number of nitrogens with zero attached hydrogens (tertiary/aromatic N) is 4. The first-order chi connectivity index (χ1) is 24.9. The smallest absolute Gasteiger partial charge is 0.497 e. The molecule has 4 heterocycles. The van der Waals surface area contributed by atoms with Crippen LogP contribution in [0, 0.1) is 12.1 Å². The second kappa shape index (κ2) is 12.2. The summed E-state index contributed by atoms with van der Waals surface area (Å²) in [6, 6.07) is 53.5. The first kappa shape index (κ1) is 32.1. The molecule has 10 aromatic rings. The maximum absolute atomic E-state index is 6.48. The summed E-state index contributed by atoms with van der Waals surface area (Å²) in [5.74, 6) is 1.20. The maximum Gasteiger partial charge on any atom is 2.00 e. The van der Waals surface area contributed by atoms with Gasteiger partial charge in [-0.1, -0.05) is 110 Å². The number of ether oxygens (including phenoxy) is 1. The van der Waals surface area contributed by atoms with Gasteiger partial charge in [0.15, 0.2) is 0 Å². The molecule has 0 aliphatic carbocycles. The van der Waals surface area contributed by atoms with Crippen molar-refractivity contribution in [3.8, 4) is 28.4 Å². The summed E-state index contributed by atoms with van der Waals surface area (Å²) >= 11 is 0. The van der Waals surface area contributed by atoms with Crippen LogP contribution in [0.1, 0.15) is 26.3 Å². The minimum Gasteiger partial charge on any atom is -0.497 e. The predicted molar refractivity (Wildman–Crippen MR) is 208 cm³/mol. The van der Waals surface area contributed by atoms with E-state index in [0.717, 1.165) is 66.3 Å². The zero-order valence-electron chi connectivity index (χ0n) is 28.8. The second-order valence-corrected chi connectivity index (χ2v) is 14.1. The zero-order chi connectivity index (χ0) is 34.3. The SMILES string of the molecule is CC(C)(C)c1ccnc(-c2[c-]c(Oc3[c-]c4c(cc3)c3ccc5c(c6ccccc6n5-c5ccccc5)c3n3c5ccccc5nc43)ccc2)c1.[Pd+2]. The van der Waals surface area contributed by atoms with Crippen molar-refractivity contribution in [2.75, 3.05) is 0 Å². The number of hydrogen-bond donors (Lipinski definition) is 0. The van der Waals surface area contributed by atoms with E-state index >= 15 is 0 Å². The van der Waals surface area contributed by atoms with Crippen LogP contribution in [0.25, 0.3) is 77.1 Å². The summed E-state index contributed by atoms with van der Waals surface area (Å²) in [6.45, 7) is 6.62. The van der Waals surface area contributed by atoms with E-state index in [1.165, 1.54) is 16.3 Å². The maximum atomic E-state index is 6.48. The van der Waals surface area contributed by atoms with Crippen molar-refractivity contribution in [1.82, 2.24) is 18.9 Å².